The van der Waals surface area contributed by atoms with Crippen molar-refractivity contribution in [2.45, 2.75) is 45.9 Å². The van der Waals surface area contributed by atoms with Gasteiger partial charge in [0.05, 0.1) is 0 Å². The molecule has 1 saturated carbocycles. The lowest BCUT2D eigenvalue weighted by atomic mass is 10.2. The third-order valence-corrected chi connectivity index (χ3v) is 5.15. The lowest BCUT2D eigenvalue weighted by molar-refractivity contribution is 0.0269. The van der Waals surface area contributed by atoms with Crippen molar-refractivity contribution in [1.82, 2.24) is 10.2 Å². The lowest BCUT2D eigenvalue weighted by Crippen LogP contribution is -2.39. The molecule has 1 aliphatic carbocycles. The van der Waals surface area contributed by atoms with E-state index in [2.05, 4.69) is 24.4 Å². The third kappa shape index (κ3) is 3.40. The molecule has 3 rings (SSSR count). The van der Waals surface area contributed by atoms with Crippen LogP contribution in [-0.4, -0.2) is 35.7 Å². The first-order valence-corrected chi connectivity index (χ1v) is 8.42. The van der Waals surface area contributed by atoms with Crippen LogP contribution in [0.15, 0.2) is 12.1 Å². The molecule has 4 nitrogen and oxygen atoms in total. The fourth-order valence-corrected chi connectivity index (χ4v) is 3.94. The van der Waals surface area contributed by atoms with Crippen molar-refractivity contribution in [2.24, 2.45) is 11.8 Å². The molecule has 5 heteroatoms. The summed E-state index contributed by atoms with van der Waals surface area (Å²) in [5, 5.41) is 3.63. The number of likely N-dealkylation sites (tertiary alicyclic amines) is 1. The second-order valence-corrected chi connectivity index (χ2v) is 8.50. The minimum atomic E-state index is -0.404. The molecule has 0 radical (unpaired) electrons. The van der Waals surface area contributed by atoms with Crippen LogP contribution in [0.1, 0.15) is 30.5 Å². The Labute approximate surface area is 130 Å². The van der Waals surface area contributed by atoms with Gasteiger partial charge in [0.25, 0.3) is 0 Å². The van der Waals surface area contributed by atoms with E-state index < -0.39 is 5.60 Å². The number of ether oxygens (including phenoxy) is 1. The van der Waals surface area contributed by atoms with Crippen molar-refractivity contribution in [3.8, 4) is 0 Å². The van der Waals surface area contributed by atoms with Crippen LogP contribution in [0.25, 0.3) is 0 Å². The lowest BCUT2D eigenvalue weighted by Gasteiger charge is -2.26. The van der Waals surface area contributed by atoms with E-state index in [4.69, 9.17) is 4.74 Å². The van der Waals surface area contributed by atoms with E-state index in [-0.39, 0.29) is 6.09 Å². The van der Waals surface area contributed by atoms with Crippen LogP contribution in [0.5, 0.6) is 0 Å². The molecule has 1 amide bonds. The van der Waals surface area contributed by atoms with E-state index in [1.54, 1.807) is 0 Å². The summed E-state index contributed by atoms with van der Waals surface area (Å²) in [6.07, 6.45) is -0.165. The quantitative estimate of drug-likeness (QED) is 0.933. The summed E-state index contributed by atoms with van der Waals surface area (Å²) < 4.78 is 5.43. The Morgan fingerprint density at radius 3 is 2.57 bits per heavy atom. The number of hydrogen-bond acceptors (Lipinski definition) is 4. The Morgan fingerprint density at radius 1 is 1.38 bits per heavy atom. The average molecular weight is 308 g/mol. The maximum Gasteiger partial charge on any atom is 0.410 e. The zero-order valence-corrected chi connectivity index (χ0v) is 14.0. The Hall–Kier alpha value is -1.07. The predicted molar refractivity (Wildman–Crippen MR) is 84.5 cm³/mol. The van der Waals surface area contributed by atoms with Gasteiger partial charge in [-0.05, 0) is 51.7 Å². The third-order valence-electron chi connectivity index (χ3n) is 4.15. The molecule has 1 aromatic rings. The van der Waals surface area contributed by atoms with Gasteiger partial charge in [-0.3, -0.25) is 0 Å². The van der Waals surface area contributed by atoms with Crippen molar-refractivity contribution >= 4 is 17.4 Å². The summed E-state index contributed by atoms with van der Waals surface area (Å²) in [5.74, 6) is 1.22. The molecule has 2 fully saturated rings. The van der Waals surface area contributed by atoms with Crippen LogP contribution >= 0.6 is 11.3 Å². The first kappa shape index (κ1) is 14.9. The molecule has 1 saturated heterocycles. The van der Waals surface area contributed by atoms with E-state index >= 15 is 0 Å². The van der Waals surface area contributed by atoms with Crippen LogP contribution in [0, 0.1) is 18.8 Å². The molecule has 2 aliphatic rings. The van der Waals surface area contributed by atoms with Gasteiger partial charge in [0.15, 0.2) is 0 Å². The highest BCUT2D eigenvalue weighted by Crippen LogP contribution is 2.46. The van der Waals surface area contributed by atoms with Gasteiger partial charge in [-0.25, -0.2) is 4.79 Å². The molecular formula is C16H24N2O2S. The van der Waals surface area contributed by atoms with Crippen LogP contribution in [0.3, 0.4) is 0 Å². The molecule has 2 unspecified atom stereocenters. The molecule has 1 aliphatic heterocycles. The highest BCUT2D eigenvalue weighted by atomic mass is 32.1. The number of carbonyl (C=O) groups excluding carboxylic acids is 1. The Kier molecular flexibility index (Phi) is 3.74. The summed E-state index contributed by atoms with van der Waals surface area (Å²) in [7, 11) is 0. The van der Waals surface area contributed by atoms with Gasteiger partial charge in [0.1, 0.15) is 5.60 Å². The molecule has 116 valence electrons. The molecule has 21 heavy (non-hydrogen) atoms. The summed E-state index contributed by atoms with van der Waals surface area (Å²) in [6, 6.07) is 4.93. The Morgan fingerprint density at radius 2 is 2.05 bits per heavy atom. The summed E-state index contributed by atoms with van der Waals surface area (Å²) in [5.41, 5.74) is -0.404. The van der Waals surface area contributed by atoms with Gasteiger partial charge in [-0.15, -0.1) is 11.3 Å². The second-order valence-electron chi connectivity index (χ2n) is 7.13. The van der Waals surface area contributed by atoms with Crippen LogP contribution in [0.2, 0.25) is 0 Å². The maximum absolute atomic E-state index is 12.0. The standard InChI is InChI=1S/C16H24N2O2S/c1-10-5-6-11(21-10)7-17-14-12-8-18(9-13(12)14)15(19)20-16(2,3)4/h5-6,12-14,17H,7-9H2,1-4H3. The first-order valence-electron chi connectivity index (χ1n) is 7.60. The molecule has 2 heterocycles. The molecule has 1 N–H and O–H groups in total. The van der Waals surface area contributed by atoms with Crippen molar-refractivity contribution < 1.29 is 9.53 Å². The highest BCUT2D eigenvalue weighted by molar-refractivity contribution is 7.11. The van der Waals surface area contributed by atoms with Crippen molar-refractivity contribution in [3.05, 3.63) is 21.9 Å². The van der Waals surface area contributed by atoms with Crippen molar-refractivity contribution in [1.29, 1.82) is 0 Å². The van der Waals surface area contributed by atoms with Crippen molar-refractivity contribution in [3.63, 3.8) is 0 Å². The number of hydrogen-bond donors (Lipinski definition) is 1. The number of carbonyl (C=O) groups is 1. The SMILES string of the molecule is Cc1ccc(CNC2C3CN(C(=O)OC(C)(C)C)CC32)s1. The number of rotatable bonds is 3. The van der Waals surface area contributed by atoms with E-state index in [9.17, 15) is 4.79 Å². The fourth-order valence-electron chi connectivity index (χ4n) is 3.10. The fraction of sp³-hybridized carbons (Fsp3) is 0.688. The van der Waals surface area contributed by atoms with Crippen LogP contribution < -0.4 is 5.32 Å². The molecule has 1 aromatic heterocycles. The van der Waals surface area contributed by atoms with E-state index in [1.165, 1.54) is 9.75 Å². The number of amides is 1. The highest BCUT2D eigenvalue weighted by Gasteiger charge is 2.56. The number of nitrogens with one attached hydrogen (secondary N) is 1. The summed E-state index contributed by atoms with van der Waals surface area (Å²) in [6.45, 7) is 10.5. The summed E-state index contributed by atoms with van der Waals surface area (Å²) in [4.78, 5) is 16.6. The second kappa shape index (κ2) is 5.29. The van der Waals surface area contributed by atoms with Crippen molar-refractivity contribution in [2.75, 3.05) is 13.1 Å². The summed E-state index contributed by atoms with van der Waals surface area (Å²) >= 11 is 1.85. The smallest absolute Gasteiger partial charge is 0.410 e. The van der Waals surface area contributed by atoms with E-state index in [0.29, 0.717) is 17.9 Å². The van der Waals surface area contributed by atoms with Gasteiger partial charge in [0, 0.05) is 35.4 Å². The van der Waals surface area contributed by atoms with Crippen LogP contribution in [0.4, 0.5) is 4.79 Å². The van der Waals surface area contributed by atoms with Crippen LogP contribution in [-0.2, 0) is 11.3 Å². The molecule has 0 aromatic carbocycles. The van der Waals surface area contributed by atoms with Gasteiger partial charge >= 0.3 is 6.09 Å². The number of fused-ring (bicyclic) bond motifs is 1. The largest absolute Gasteiger partial charge is 0.444 e. The van der Waals surface area contributed by atoms with Gasteiger partial charge in [0.2, 0.25) is 0 Å². The molecule has 2 atom stereocenters. The van der Waals surface area contributed by atoms with E-state index in [0.717, 1.165) is 19.6 Å². The van der Waals surface area contributed by atoms with E-state index in [1.807, 2.05) is 37.0 Å². The number of thiophene rings is 1. The topological polar surface area (TPSA) is 41.6 Å². The molecule has 0 bridgehead atoms. The number of nitrogens with zero attached hydrogens (tertiary/aromatic N) is 1. The number of aryl methyl sites for hydroxylation is 1. The zero-order chi connectivity index (χ0) is 15.2. The average Bonchev–Trinajstić information content (AvgIpc) is 2.77. The monoisotopic (exact) mass is 308 g/mol. The molecule has 0 spiro atoms. The number of piperidine rings is 1. The first-order chi connectivity index (χ1) is 9.83. The van der Waals surface area contributed by atoms with Gasteiger partial charge < -0.3 is 15.0 Å². The zero-order valence-electron chi connectivity index (χ0n) is 13.2. The predicted octanol–water partition coefficient (Wildman–Crippen LogP) is 3.01. The molecular weight excluding hydrogens is 284 g/mol. The maximum atomic E-state index is 12.0. The van der Waals surface area contributed by atoms with Gasteiger partial charge in [-0.1, -0.05) is 0 Å². The minimum absolute atomic E-state index is 0.165. The Balaban J connectivity index is 1.43. The normalized spacial score (nSPS) is 27.6. The van der Waals surface area contributed by atoms with Gasteiger partial charge in [-0.2, -0.15) is 0 Å². The minimum Gasteiger partial charge on any atom is -0.444 e. The Bertz CT molecular complexity index is 523.